The van der Waals surface area contributed by atoms with E-state index in [0.29, 0.717) is 0 Å². The average Bonchev–Trinajstić information content (AvgIpc) is 2.37. The number of pyridine rings is 1. The van der Waals surface area contributed by atoms with E-state index in [2.05, 4.69) is 31.3 Å². The zero-order chi connectivity index (χ0) is 13.4. The first-order valence-corrected chi connectivity index (χ1v) is 6.20. The smallest absolute Gasteiger partial charge is 0.0479 e. The molecule has 0 aromatic carbocycles. The van der Waals surface area contributed by atoms with Gasteiger partial charge in [-0.2, -0.15) is 0 Å². The summed E-state index contributed by atoms with van der Waals surface area (Å²) in [5.74, 6) is 0. The number of rotatable bonds is 8. The number of aromatic nitrogens is 1. The van der Waals surface area contributed by atoms with E-state index in [-0.39, 0.29) is 0 Å². The van der Waals surface area contributed by atoms with E-state index in [1.807, 2.05) is 30.5 Å². The summed E-state index contributed by atoms with van der Waals surface area (Å²) in [6, 6.07) is 0. The third kappa shape index (κ3) is 3.30. The molecular formula is C17H21N. The third-order valence-corrected chi connectivity index (χ3v) is 2.88. The van der Waals surface area contributed by atoms with Gasteiger partial charge in [0.05, 0.1) is 0 Å². The van der Waals surface area contributed by atoms with Crippen LogP contribution < -0.4 is 0 Å². The predicted octanol–water partition coefficient (Wildman–Crippen LogP) is 4.00. The molecule has 0 atom stereocenters. The Balaban J connectivity index is 3.35. The summed E-state index contributed by atoms with van der Waals surface area (Å²) in [7, 11) is 0. The molecule has 1 nitrogen and oxygen atoms in total. The Bertz CT molecular complexity index is 412. The van der Waals surface area contributed by atoms with E-state index in [1.165, 1.54) is 16.7 Å². The van der Waals surface area contributed by atoms with Crippen molar-refractivity contribution >= 4 is 0 Å². The van der Waals surface area contributed by atoms with Gasteiger partial charge in [0.2, 0.25) is 0 Å². The minimum Gasteiger partial charge on any atom is -0.260 e. The number of hydrogen-bond donors (Lipinski definition) is 0. The van der Waals surface area contributed by atoms with Crippen molar-refractivity contribution in [3.8, 4) is 0 Å². The van der Waals surface area contributed by atoms with E-state index in [4.69, 9.17) is 0 Å². The molecule has 0 radical (unpaired) electrons. The van der Waals surface area contributed by atoms with E-state index in [1.54, 1.807) is 0 Å². The fraction of sp³-hybridized carbons (Fsp3) is 0.235. The molecule has 0 saturated carbocycles. The summed E-state index contributed by atoms with van der Waals surface area (Å²) in [6.45, 7) is 15.3. The maximum Gasteiger partial charge on any atom is 0.0479 e. The maximum absolute atomic E-state index is 4.55. The monoisotopic (exact) mass is 239 g/mol. The maximum atomic E-state index is 4.55. The molecular weight excluding hydrogens is 218 g/mol. The molecule has 0 saturated heterocycles. The number of hydrogen-bond acceptors (Lipinski definition) is 1. The van der Waals surface area contributed by atoms with Crippen molar-refractivity contribution in [2.75, 3.05) is 0 Å². The standard InChI is InChI=1S/C17H21N/c1-5-9-14-13-18-17(12-8-4)16(11-7-3)15(14)10-6-2/h5-8,13H,1-4,9-12H2. The van der Waals surface area contributed by atoms with Crippen molar-refractivity contribution in [1.29, 1.82) is 0 Å². The lowest BCUT2D eigenvalue weighted by Gasteiger charge is -2.15. The fourth-order valence-corrected chi connectivity index (χ4v) is 2.11. The van der Waals surface area contributed by atoms with Gasteiger partial charge in [-0.25, -0.2) is 0 Å². The minimum absolute atomic E-state index is 0.793. The van der Waals surface area contributed by atoms with Crippen LogP contribution in [0.15, 0.2) is 56.8 Å². The molecule has 1 rings (SSSR count). The Morgan fingerprint density at radius 2 is 1.33 bits per heavy atom. The van der Waals surface area contributed by atoms with E-state index in [9.17, 15) is 0 Å². The van der Waals surface area contributed by atoms with Crippen LogP contribution in [-0.4, -0.2) is 4.98 Å². The van der Waals surface area contributed by atoms with Crippen LogP contribution in [0.2, 0.25) is 0 Å². The average molecular weight is 239 g/mol. The molecule has 0 bridgehead atoms. The van der Waals surface area contributed by atoms with E-state index in [0.717, 1.165) is 31.4 Å². The lowest BCUT2D eigenvalue weighted by Crippen LogP contribution is -2.06. The van der Waals surface area contributed by atoms with Gasteiger partial charge in [-0.15, -0.1) is 26.3 Å². The van der Waals surface area contributed by atoms with Crippen LogP contribution in [-0.2, 0) is 25.7 Å². The van der Waals surface area contributed by atoms with Crippen LogP contribution in [0.5, 0.6) is 0 Å². The van der Waals surface area contributed by atoms with Gasteiger partial charge in [0.1, 0.15) is 0 Å². The van der Waals surface area contributed by atoms with Crippen LogP contribution >= 0.6 is 0 Å². The Morgan fingerprint density at radius 1 is 0.778 bits per heavy atom. The molecule has 0 spiro atoms. The van der Waals surface area contributed by atoms with Crippen molar-refractivity contribution in [2.24, 2.45) is 0 Å². The SMILES string of the molecule is C=CCc1cnc(CC=C)c(CC=C)c1CC=C. The zero-order valence-electron chi connectivity index (χ0n) is 11.0. The normalized spacial score (nSPS) is 9.78. The quantitative estimate of drug-likeness (QED) is 0.625. The first kappa shape index (κ1) is 14.2. The summed E-state index contributed by atoms with van der Waals surface area (Å²) in [4.78, 5) is 4.55. The second-order valence-corrected chi connectivity index (χ2v) is 4.16. The van der Waals surface area contributed by atoms with Crippen LogP contribution in [0.1, 0.15) is 22.4 Å². The summed E-state index contributed by atoms with van der Waals surface area (Å²) >= 11 is 0. The molecule has 0 N–H and O–H groups in total. The highest BCUT2D eigenvalue weighted by Gasteiger charge is 2.11. The Kier molecular flexibility index (Phi) is 5.86. The summed E-state index contributed by atoms with van der Waals surface area (Å²) in [6.07, 6.45) is 12.9. The van der Waals surface area contributed by atoms with E-state index < -0.39 is 0 Å². The van der Waals surface area contributed by atoms with Crippen molar-refractivity contribution in [1.82, 2.24) is 4.98 Å². The molecule has 1 aromatic heterocycles. The van der Waals surface area contributed by atoms with Crippen molar-refractivity contribution in [3.63, 3.8) is 0 Å². The van der Waals surface area contributed by atoms with Gasteiger partial charge < -0.3 is 0 Å². The molecule has 18 heavy (non-hydrogen) atoms. The highest BCUT2D eigenvalue weighted by molar-refractivity contribution is 5.40. The highest BCUT2D eigenvalue weighted by Crippen LogP contribution is 2.21. The van der Waals surface area contributed by atoms with Crippen LogP contribution in [0, 0.1) is 0 Å². The van der Waals surface area contributed by atoms with Gasteiger partial charge in [0.25, 0.3) is 0 Å². The number of nitrogens with zero attached hydrogens (tertiary/aromatic N) is 1. The van der Waals surface area contributed by atoms with Gasteiger partial charge in [-0.1, -0.05) is 24.3 Å². The summed E-state index contributed by atoms with van der Waals surface area (Å²) < 4.78 is 0. The van der Waals surface area contributed by atoms with Crippen LogP contribution in [0.3, 0.4) is 0 Å². The van der Waals surface area contributed by atoms with Gasteiger partial charge in [0, 0.05) is 18.3 Å². The van der Waals surface area contributed by atoms with Crippen LogP contribution in [0.25, 0.3) is 0 Å². The Morgan fingerprint density at radius 3 is 1.89 bits per heavy atom. The molecule has 0 aliphatic heterocycles. The second-order valence-electron chi connectivity index (χ2n) is 4.16. The largest absolute Gasteiger partial charge is 0.260 e. The predicted molar refractivity (Wildman–Crippen MR) is 79.8 cm³/mol. The fourth-order valence-electron chi connectivity index (χ4n) is 2.11. The second kappa shape index (κ2) is 7.44. The van der Waals surface area contributed by atoms with Gasteiger partial charge >= 0.3 is 0 Å². The Labute approximate surface area is 110 Å². The van der Waals surface area contributed by atoms with Crippen molar-refractivity contribution in [3.05, 3.63) is 79.2 Å². The molecule has 1 heterocycles. The lowest BCUT2D eigenvalue weighted by molar-refractivity contribution is 0.971. The minimum atomic E-state index is 0.793. The molecule has 0 aliphatic carbocycles. The molecule has 1 aromatic rings. The molecule has 0 unspecified atom stereocenters. The number of allylic oxidation sites excluding steroid dienone is 4. The van der Waals surface area contributed by atoms with Gasteiger partial charge in [0.15, 0.2) is 0 Å². The zero-order valence-corrected chi connectivity index (χ0v) is 11.0. The van der Waals surface area contributed by atoms with Crippen molar-refractivity contribution in [2.45, 2.75) is 25.7 Å². The Hall–Kier alpha value is -1.89. The van der Waals surface area contributed by atoms with Gasteiger partial charge in [-0.05, 0) is 36.0 Å². The van der Waals surface area contributed by atoms with E-state index >= 15 is 0 Å². The molecule has 0 fully saturated rings. The first-order chi connectivity index (χ1) is 8.78. The molecule has 0 amide bonds. The molecule has 0 aliphatic rings. The topological polar surface area (TPSA) is 12.9 Å². The lowest BCUT2D eigenvalue weighted by atomic mass is 9.93. The van der Waals surface area contributed by atoms with Gasteiger partial charge in [-0.3, -0.25) is 4.98 Å². The summed E-state index contributed by atoms with van der Waals surface area (Å²) in [5, 5.41) is 0. The van der Waals surface area contributed by atoms with Crippen molar-refractivity contribution < 1.29 is 0 Å². The highest BCUT2D eigenvalue weighted by atomic mass is 14.7. The van der Waals surface area contributed by atoms with Crippen LogP contribution in [0.4, 0.5) is 0 Å². The summed E-state index contributed by atoms with van der Waals surface area (Å²) in [5.41, 5.74) is 4.91. The third-order valence-electron chi connectivity index (χ3n) is 2.88. The first-order valence-electron chi connectivity index (χ1n) is 6.20. The molecule has 1 heteroatoms. The molecule has 94 valence electrons.